The summed E-state index contributed by atoms with van der Waals surface area (Å²) in [7, 11) is 0. The Morgan fingerprint density at radius 2 is 2.15 bits per heavy atom. The van der Waals surface area contributed by atoms with Crippen molar-refractivity contribution in [3.8, 4) is 0 Å². The number of hydrogen-bond acceptors (Lipinski definition) is 3. The van der Waals surface area contributed by atoms with Crippen molar-refractivity contribution in [1.29, 1.82) is 0 Å². The van der Waals surface area contributed by atoms with Crippen LogP contribution in [-0.4, -0.2) is 26.7 Å². The molecule has 0 aromatic carbocycles. The number of aromatic amines is 1. The molecule has 1 saturated heterocycles. The summed E-state index contributed by atoms with van der Waals surface area (Å²) in [5.41, 5.74) is 0.213. The first-order chi connectivity index (χ1) is 6.21. The van der Waals surface area contributed by atoms with E-state index in [1.165, 1.54) is 24.3 Å². The highest BCUT2D eigenvalue weighted by Gasteiger charge is 2.32. The Morgan fingerprint density at radius 3 is 2.69 bits per heavy atom. The van der Waals surface area contributed by atoms with Gasteiger partial charge in [-0.3, -0.25) is 5.10 Å². The molecule has 2 rings (SSSR count). The standard InChI is InChI=1S/C8H12BrN3S/c1-8(2-4-13-5-3-8)6-10-7(9)12-11-6/h2-5H2,1H3,(H,10,11,12). The second-order valence-corrected chi connectivity index (χ2v) is 5.56. The molecule has 0 spiro atoms. The zero-order valence-electron chi connectivity index (χ0n) is 7.51. The summed E-state index contributed by atoms with van der Waals surface area (Å²) in [6, 6.07) is 0. The van der Waals surface area contributed by atoms with Gasteiger partial charge in [-0.15, -0.1) is 5.10 Å². The SMILES string of the molecule is CC1(c2nc(Br)n[nH]2)CCSCC1. The van der Waals surface area contributed by atoms with E-state index in [0.29, 0.717) is 4.73 Å². The molecule has 0 radical (unpaired) electrons. The van der Waals surface area contributed by atoms with Crippen LogP contribution in [0.25, 0.3) is 0 Å². The molecule has 72 valence electrons. The number of nitrogens with zero attached hydrogens (tertiary/aromatic N) is 2. The van der Waals surface area contributed by atoms with Gasteiger partial charge in [-0.05, 0) is 40.3 Å². The first kappa shape index (κ1) is 9.52. The van der Waals surface area contributed by atoms with Crippen molar-refractivity contribution in [2.24, 2.45) is 0 Å². The quantitative estimate of drug-likeness (QED) is 0.844. The Labute approximate surface area is 90.2 Å². The molecule has 0 amide bonds. The number of thioether (sulfide) groups is 1. The zero-order valence-corrected chi connectivity index (χ0v) is 9.91. The predicted octanol–water partition coefficient (Wildman–Crippen LogP) is 2.35. The molecule has 0 atom stereocenters. The molecule has 5 heteroatoms. The van der Waals surface area contributed by atoms with Crippen LogP contribution in [-0.2, 0) is 5.41 Å². The fraction of sp³-hybridized carbons (Fsp3) is 0.750. The van der Waals surface area contributed by atoms with E-state index in [9.17, 15) is 0 Å². The highest BCUT2D eigenvalue weighted by Crippen LogP contribution is 2.35. The largest absolute Gasteiger partial charge is 0.262 e. The molecule has 1 aromatic heterocycles. The van der Waals surface area contributed by atoms with E-state index < -0.39 is 0 Å². The number of aromatic nitrogens is 3. The van der Waals surface area contributed by atoms with Crippen LogP contribution in [0.1, 0.15) is 25.6 Å². The topological polar surface area (TPSA) is 41.6 Å². The Hall–Kier alpha value is -0.0300. The molecule has 0 saturated carbocycles. The van der Waals surface area contributed by atoms with Crippen LogP contribution in [0, 0.1) is 0 Å². The second-order valence-electron chi connectivity index (χ2n) is 3.63. The van der Waals surface area contributed by atoms with Crippen LogP contribution < -0.4 is 0 Å². The Balaban J connectivity index is 2.22. The van der Waals surface area contributed by atoms with Gasteiger partial charge in [0.1, 0.15) is 5.82 Å². The van der Waals surface area contributed by atoms with E-state index in [1.54, 1.807) is 0 Å². The predicted molar refractivity (Wildman–Crippen MR) is 58.0 cm³/mol. The van der Waals surface area contributed by atoms with Crippen molar-refractivity contribution >= 4 is 27.7 Å². The lowest BCUT2D eigenvalue weighted by molar-refractivity contribution is 0.411. The van der Waals surface area contributed by atoms with Gasteiger partial charge < -0.3 is 0 Å². The molecule has 0 aliphatic carbocycles. The Bertz CT molecular complexity index is 293. The summed E-state index contributed by atoms with van der Waals surface area (Å²) in [6.07, 6.45) is 2.39. The lowest BCUT2D eigenvalue weighted by Crippen LogP contribution is -2.28. The van der Waals surface area contributed by atoms with Gasteiger partial charge in [-0.25, -0.2) is 4.98 Å². The molecule has 1 N–H and O–H groups in total. The summed E-state index contributed by atoms with van der Waals surface area (Å²) in [4.78, 5) is 4.35. The summed E-state index contributed by atoms with van der Waals surface area (Å²) >= 11 is 5.29. The third-order valence-corrected chi connectivity index (χ3v) is 3.97. The van der Waals surface area contributed by atoms with Crippen molar-refractivity contribution < 1.29 is 0 Å². The van der Waals surface area contributed by atoms with Gasteiger partial charge in [0.05, 0.1) is 0 Å². The van der Waals surface area contributed by atoms with Gasteiger partial charge in [0, 0.05) is 5.41 Å². The van der Waals surface area contributed by atoms with E-state index >= 15 is 0 Å². The fourth-order valence-corrected chi connectivity index (χ4v) is 3.23. The molecule has 0 unspecified atom stereocenters. The summed E-state index contributed by atoms with van der Waals surface area (Å²) < 4.78 is 0.668. The summed E-state index contributed by atoms with van der Waals surface area (Å²) in [5, 5.41) is 7.01. The van der Waals surface area contributed by atoms with E-state index in [4.69, 9.17) is 0 Å². The molecule has 1 aliphatic rings. The number of rotatable bonds is 1. The van der Waals surface area contributed by atoms with Crippen LogP contribution in [0.15, 0.2) is 4.73 Å². The molecule has 3 nitrogen and oxygen atoms in total. The van der Waals surface area contributed by atoms with Crippen molar-refractivity contribution in [1.82, 2.24) is 15.2 Å². The van der Waals surface area contributed by atoms with Crippen LogP contribution in [0.3, 0.4) is 0 Å². The average Bonchev–Trinajstić information content (AvgIpc) is 2.54. The van der Waals surface area contributed by atoms with E-state index in [1.807, 2.05) is 11.8 Å². The van der Waals surface area contributed by atoms with Gasteiger partial charge in [0.2, 0.25) is 4.73 Å². The second kappa shape index (κ2) is 3.61. The third-order valence-electron chi connectivity index (χ3n) is 2.63. The van der Waals surface area contributed by atoms with Gasteiger partial charge in [0.15, 0.2) is 0 Å². The molecular formula is C8H12BrN3S. The van der Waals surface area contributed by atoms with E-state index in [2.05, 4.69) is 38.0 Å². The monoisotopic (exact) mass is 261 g/mol. The smallest absolute Gasteiger partial charge is 0.217 e. The Kier molecular flexibility index (Phi) is 2.65. The summed E-state index contributed by atoms with van der Waals surface area (Å²) in [6.45, 7) is 2.26. The lowest BCUT2D eigenvalue weighted by Gasteiger charge is -2.30. The normalized spacial score (nSPS) is 21.7. The molecular weight excluding hydrogens is 250 g/mol. The molecule has 1 aromatic rings. The van der Waals surface area contributed by atoms with Crippen LogP contribution >= 0.6 is 27.7 Å². The van der Waals surface area contributed by atoms with Crippen molar-refractivity contribution in [2.75, 3.05) is 11.5 Å². The lowest BCUT2D eigenvalue weighted by atomic mass is 9.83. The maximum atomic E-state index is 4.35. The minimum absolute atomic E-state index is 0.213. The van der Waals surface area contributed by atoms with E-state index in [-0.39, 0.29) is 5.41 Å². The number of H-pyrrole nitrogens is 1. The van der Waals surface area contributed by atoms with Gasteiger partial charge in [-0.2, -0.15) is 11.8 Å². The first-order valence-corrected chi connectivity index (χ1v) is 6.32. The molecule has 2 heterocycles. The molecule has 1 fully saturated rings. The van der Waals surface area contributed by atoms with Crippen LogP contribution in [0.5, 0.6) is 0 Å². The number of hydrogen-bond donors (Lipinski definition) is 1. The fourth-order valence-electron chi connectivity index (χ4n) is 1.57. The van der Waals surface area contributed by atoms with Crippen molar-refractivity contribution in [3.05, 3.63) is 10.6 Å². The van der Waals surface area contributed by atoms with Gasteiger partial charge in [0.25, 0.3) is 0 Å². The number of halogens is 1. The van der Waals surface area contributed by atoms with Gasteiger partial charge in [-0.1, -0.05) is 6.92 Å². The minimum atomic E-state index is 0.213. The first-order valence-electron chi connectivity index (χ1n) is 4.37. The number of nitrogens with one attached hydrogen (secondary N) is 1. The third kappa shape index (κ3) is 1.91. The molecule has 0 bridgehead atoms. The summed E-state index contributed by atoms with van der Waals surface area (Å²) in [5.74, 6) is 3.49. The highest BCUT2D eigenvalue weighted by molar-refractivity contribution is 9.10. The Morgan fingerprint density at radius 1 is 1.46 bits per heavy atom. The van der Waals surface area contributed by atoms with Crippen molar-refractivity contribution in [3.63, 3.8) is 0 Å². The van der Waals surface area contributed by atoms with Crippen LogP contribution in [0.2, 0.25) is 0 Å². The van der Waals surface area contributed by atoms with Crippen molar-refractivity contribution in [2.45, 2.75) is 25.2 Å². The maximum Gasteiger partial charge on any atom is 0.217 e. The zero-order chi connectivity index (χ0) is 9.31. The maximum absolute atomic E-state index is 4.35. The minimum Gasteiger partial charge on any atom is -0.262 e. The molecule has 1 aliphatic heterocycles. The average molecular weight is 262 g/mol. The van der Waals surface area contributed by atoms with Gasteiger partial charge >= 0.3 is 0 Å². The van der Waals surface area contributed by atoms with Crippen LogP contribution in [0.4, 0.5) is 0 Å². The molecule has 13 heavy (non-hydrogen) atoms. The van der Waals surface area contributed by atoms with E-state index in [0.717, 1.165) is 5.82 Å². The highest BCUT2D eigenvalue weighted by atomic mass is 79.9.